The van der Waals surface area contributed by atoms with Gasteiger partial charge in [-0.2, -0.15) is 0 Å². The molecule has 1 aliphatic heterocycles. The first-order valence-electron chi connectivity index (χ1n) is 9.56. The summed E-state index contributed by atoms with van der Waals surface area (Å²) in [7, 11) is 0. The Morgan fingerprint density at radius 2 is 2.00 bits per heavy atom. The Labute approximate surface area is 179 Å². The SMILES string of the molecule is CCC(C(=O)N1CC(=O)Nc2ccc(Cl)cc2C1c1cccs1)c1ccccc1. The van der Waals surface area contributed by atoms with Crippen LogP contribution in [0.25, 0.3) is 0 Å². The van der Waals surface area contributed by atoms with E-state index in [1.807, 2.05) is 60.8 Å². The summed E-state index contributed by atoms with van der Waals surface area (Å²) in [4.78, 5) is 29.1. The minimum absolute atomic E-state index is 0.00294. The van der Waals surface area contributed by atoms with Crippen molar-refractivity contribution in [3.63, 3.8) is 0 Å². The van der Waals surface area contributed by atoms with Gasteiger partial charge < -0.3 is 10.2 Å². The predicted molar refractivity (Wildman–Crippen MR) is 117 cm³/mol. The molecule has 1 N–H and O–H groups in total. The van der Waals surface area contributed by atoms with Crippen molar-refractivity contribution in [3.8, 4) is 0 Å². The van der Waals surface area contributed by atoms with E-state index in [0.717, 1.165) is 16.0 Å². The van der Waals surface area contributed by atoms with Gasteiger partial charge in [0.15, 0.2) is 0 Å². The molecular formula is C23H21ClN2O2S. The number of hydrogen-bond acceptors (Lipinski definition) is 3. The molecule has 4 rings (SSSR count). The van der Waals surface area contributed by atoms with E-state index in [1.54, 1.807) is 28.4 Å². The maximum absolute atomic E-state index is 13.7. The van der Waals surface area contributed by atoms with Crippen LogP contribution in [-0.4, -0.2) is 23.3 Å². The van der Waals surface area contributed by atoms with Gasteiger partial charge in [-0.25, -0.2) is 0 Å². The number of carbonyl (C=O) groups is 2. The summed E-state index contributed by atoms with van der Waals surface area (Å²) in [6.07, 6.45) is 0.653. The summed E-state index contributed by atoms with van der Waals surface area (Å²) in [5.41, 5.74) is 2.49. The fourth-order valence-corrected chi connectivity index (χ4v) is 4.91. The summed E-state index contributed by atoms with van der Waals surface area (Å²) >= 11 is 7.86. The van der Waals surface area contributed by atoms with Crippen LogP contribution in [0.4, 0.5) is 5.69 Å². The second-order valence-corrected chi connectivity index (χ2v) is 8.45. The minimum atomic E-state index is -0.368. The number of thiophene rings is 1. The van der Waals surface area contributed by atoms with E-state index in [2.05, 4.69) is 5.32 Å². The zero-order valence-corrected chi connectivity index (χ0v) is 17.5. The summed E-state index contributed by atoms with van der Waals surface area (Å²) in [5.74, 6) is -0.573. The number of nitrogens with zero attached hydrogens (tertiary/aromatic N) is 1. The zero-order valence-electron chi connectivity index (χ0n) is 16.0. The number of amides is 2. The van der Waals surface area contributed by atoms with Gasteiger partial charge >= 0.3 is 0 Å². The zero-order chi connectivity index (χ0) is 20.4. The number of halogens is 1. The average Bonchev–Trinajstić information content (AvgIpc) is 3.20. The van der Waals surface area contributed by atoms with Crippen LogP contribution in [0.15, 0.2) is 66.0 Å². The van der Waals surface area contributed by atoms with E-state index in [0.29, 0.717) is 17.1 Å². The van der Waals surface area contributed by atoms with Crippen LogP contribution in [0.5, 0.6) is 0 Å². The third-order valence-electron chi connectivity index (χ3n) is 5.21. The van der Waals surface area contributed by atoms with E-state index in [1.165, 1.54) is 0 Å². The number of benzene rings is 2. The third-order valence-corrected chi connectivity index (χ3v) is 6.37. The molecule has 2 amide bonds. The maximum Gasteiger partial charge on any atom is 0.244 e. The number of fused-ring (bicyclic) bond motifs is 1. The van der Waals surface area contributed by atoms with Crippen molar-refractivity contribution in [1.82, 2.24) is 4.90 Å². The molecule has 0 fully saturated rings. The second-order valence-electron chi connectivity index (χ2n) is 7.04. The molecule has 148 valence electrons. The highest BCUT2D eigenvalue weighted by Gasteiger charge is 2.37. The topological polar surface area (TPSA) is 49.4 Å². The van der Waals surface area contributed by atoms with Crippen LogP contribution >= 0.6 is 22.9 Å². The lowest BCUT2D eigenvalue weighted by molar-refractivity contribution is -0.137. The van der Waals surface area contributed by atoms with Crippen molar-refractivity contribution in [1.29, 1.82) is 0 Å². The number of rotatable bonds is 4. The molecule has 0 bridgehead atoms. The smallest absolute Gasteiger partial charge is 0.244 e. The third kappa shape index (κ3) is 3.93. The first-order valence-corrected chi connectivity index (χ1v) is 10.8. The number of anilines is 1. The standard InChI is InChI=1S/C23H21ClN2O2S/c1-2-17(15-7-4-3-5-8-15)23(28)26-14-21(27)25-19-11-10-16(24)13-18(19)22(26)20-9-6-12-29-20/h3-13,17,22H,2,14H2,1H3,(H,25,27). The first-order chi connectivity index (χ1) is 14.1. The lowest BCUT2D eigenvalue weighted by atomic mass is 9.93. The molecule has 1 aliphatic rings. The molecule has 1 aromatic heterocycles. The molecule has 0 saturated carbocycles. The number of hydrogen-bond donors (Lipinski definition) is 1. The number of nitrogens with one attached hydrogen (secondary N) is 1. The monoisotopic (exact) mass is 424 g/mol. The summed E-state index contributed by atoms with van der Waals surface area (Å²) < 4.78 is 0. The molecule has 2 heterocycles. The molecule has 29 heavy (non-hydrogen) atoms. The minimum Gasteiger partial charge on any atom is -0.324 e. The van der Waals surface area contributed by atoms with Gasteiger partial charge in [0.25, 0.3) is 0 Å². The van der Waals surface area contributed by atoms with Crippen LogP contribution in [0.1, 0.15) is 41.3 Å². The highest BCUT2D eigenvalue weighted by atomic mass is 35.5. The Balaban J connectivity index is 1.83. The molecule has 0 aliphatic carbocycles. The average molecular weight is 425 g/mol. The van der Waals surface area contributed by atoms with Crippen molar-refractivity contribution >= 4 is 40.4 Å². The van der Waals surface area contributed by atoms with Crippen LogP contribution in [0.2, 0.25) is 5.02 Å². The maximum atomic E-state index is 13.7. The Bertz CT molecular complexity index is 1020. The predicted octanol–water partition coefficient (Wildman–Crippen LogP) is 5.47. The lowest BCUT2D eigenvalue weighted by Gasteiger charge is -2.32. The Morgan fingerprint density at radius 1 is 1.21 bits per heavy atom. The van der Waals surface area contributed by atoms with Crippen molar-refractivity contribution in [2.45, 2.75) is 25.3 Å². The summed E-state index contributed by atoms with van der Waals surface area (Å²) in [6, 6.07) is 18.7. The van der Waals surface area contributed by atoms with E-state index >= 15 is 0 Å². The van der Waals surface area contributed by atoms with Crippen LogP contribution in [0.3, 0.4) is 0 Å². The van der Waals surface area contributed by atoms with Gasteiger partial charge in [-0.15, -0.1) is 11.3 Å². The van der Waals surface area contributed by atoms with Gasteiger partial charge in [0.1, 0.15) is 6.54 Å². The molecule has 2 aromatic carbocycles. The second kappa shape index (κ2) is 8.39. The fourth-order valence-electron chi connectivity index (χ4n) is 3.87. The molecule has 2 unspecified atom stereocenters. The van der Waals surface area contributed by atoms with Gasteiger partial charge in [0.2, 0.25) is 11.8 Å². The van der Waals surface area contributed by atoms with Gasteiger partial charge in [-0.1, -0.05) is 54.9 Å². The van der Waals surface area contributed by atoms with Gasteiger partial charge in [-0.3, -0.25) is 9.59 Å². The van der Waals surface area contributed by atoms with Crippen LogP contribution in [-0.2, 0) is 9.59 Å². The Morgan fingerprint density at radius 3 is 2.69 bits per heavy atom. The van der Waals surface area contributed by atoms with Gasteiger partial charge in [0.05, 0.1) is 12.0 Å². The van der Waals surface area contributed by atoms with E-state index in [4.69, 9.17) is 11.6 Å². The van der Waals surface area contributed by atoms with Crippen molar-refractivity contribution in [2.24, 2.45) is 0 Å². The molecule has 0 saturated heterocycles. The highest BCUT2D eigenvalue weighted by Crippen LogP contribution is 2.40. The van der Waals surface area contributed by atoms with E-state index in [9.17, 15) is 9.59 Å². The molecule has 0 radical (unpaired) electrons. The highest BCUT2D eigenvalue weighted by molar-refractivity contribution is 7.10. The summed E-state index contributed by atoms with van der Waals surface area (Å²) in [6.45, 7) is 2.00. The Hall–Kier alpha value is -2.63. The first kappa shape index (κ1) is 19.7. The molecule has 4 nitrogen and oxygen atoms in total. The van der Waals surface area contributed by atoms with Crippen molar-refractivity contribution in [2.75, 3.05) is 11.9 Å². The van der Waals surface area contributed by atoms with Gasteiger partial charge in [-0.05, 0) is 41.6 Å². The molecule has 0 spiro atoms. The summed E-state index contributed by atoms with van der Waals surface area (Å²) in [5, 5.41) is 5.49. The van der Waals surface area contributed by atoms with E-state index < -0.39 is 0 Å². The van der Waals surface area contributed by atoms with Crippen LogP contribution in [0, 0.1) is 0 Å². The number of carbonyl (C=O) groups excluding carboxylic acids is 2. The quantitative estimate of drug-likeness (QED) is 0.604. The van der Waals surface area contributed by atoms with E-state index in [-0.39, 0.29) is 30.3 Å². The Kier molecular flexibility index (Phi) is 5.69. The lowest BCUT2D eigenvalue weighted by Crippen LogP contribution is -2.41. The normalized spacial score (nSPS) is 17.2. The van der Waals surface area contributed by atoms with Crippen molar-refractivity contribution in [3.05, 3.63) is 87.1 Å². The van der Waals surface area contributed by atoms with Crippen molar-refractivity contribution < 1.29 is 9.59 Å². The molecule has 3 aromatic rings. The molecule has 2 atom stereocenters. The fraction of sp³-hybridized carbons (Fsp3) is 0.217. The molecular weight excluding hydrogens is 404 g/mol. The largest absolute Gasteiger partial charge is 0.324 e. The molecule has 6 heteroatoms. The van der Waals surface area contributed by atoms with Gasteiger partial charge in [0, 0.05) is 21.2 Å². The van der Waals surface area contributed by atoms with Crippen LogP contribution < -0.4 is 5.32 Å².